The third-order valence-corrected chi connectivity index (χ3v) is 7.91. The number of benzene rings is 2. The number of carbonyl (C=O) groups excluding carboxylic acids is 1. The molecule has 0 saturated carbocycles. The van der Waals surface area contributed by atoms with E-state index in [9.17, 15) is 14.3 Å². The van der Waals surface area contributed by atoms with Crippen LogP contribution in [0.25, 0.3) is 33.5 Å². The summed E-state index contributed by atoms with van der Waals surface area (Å²) >= 11 is 0. The number of hydrogen-bond donors (Lipinski definition) is 4. The van der Waals surface area contributed by atoms with E-state index in [0.717, 1.165) is 58.6 Å². The van der Waals surface area contributed by atoms with Gasteiger partial charge < -0.3 is 20.3 Å². The van der Waals surface area contributed by atoms with Gasteiger partial charge in [0.1, 0.15) is 5.69 Å². The van der Waals surface area contributed by atoms with Gasteiger partial charge >= 0.3 is 0 Å². The molecule has 0 unspecified atom stereocenters. The van der Waals surface area contributed by atoms with Gasteiger partial charge in [-0.25, -0.2) is 9.37 Å². The second-order valence-electron chi connectivity index (χ2n) is 10.4. The van der Waals surface area contributed by atoms with Crippen LogP contribution in [0.4, 0.5) is 4.39 Å². The van der Waals surface area contributed by atoms with Crippen molar-refractivity contribution in [2.24, 2.45) is 0 Å². The van der Waals surface area contributed by atoms with Crippen LogP contribution in [0, 0.1) is 5.82 Å². The maximum Gasteiger partial charge on any atom is 0.240 e. The summed E-state index contributed by atoms with van der Waals surface area (Å²) in [6.45, 7) is 7.02. The number of aromatic nitrogens is 4. The number of carbonyl (C=O) groups is 1. The van der Waals surface area contributed by atoms with Crippen LogP contribution in [0.15, 0.2) is 30.3 Å². The topological polar surface area (TPSA) is 113 Å². The van der Waals surface area contributed by atoms with Gasteiger partial charge in [0.15, 0.2) is 17.4 Å². The highest BCUT2D eigenvalue weighted by molar-refractivity contribution is 5.94. The Labute approximate surface area is 244 Å². The molecule has 6 rings (SSSR count). The molecule has 2 atom stereocenters. The summed E-state index contributed by atoms with van der Waals surface area (Å²) in [7, 11) is 1.99. The third kappa shape index (κ3) is 5.16. The predicted octanol–water partition coefficient (Wildman–Crippen LogP) is 4.05. The highest BCUT2D eigenvalue weighted by Gasteiger charge is 2.36. The fraction of sp³-hybridized carbons (Fsp3) is 0.393. The van der Waals surface area contributed by atoms with E-state index in [1.807, 2.05) is 37.1 Å². The summed E-state index contributed by atoms with van der Waals surface area (Å²) in [5.74, 6) is -0.159. The number of hydrogen-bond acceptors (Lipinski definition) is 6. The minimum atomic E-state index is -0.642. The maximum absolute atomic E-state index is 14.2. The Morgan fingerprint density at radius 1 is 1.23 bits per heavy atom. The number of H-pyrrole nitrogens is 2. The monoisotopic (exact) mass is 589 g/mol. The van der Waals surface area contributed by atoms with Crippen LogP contribution < -0.4 is 5.32 Å². The van der Waals surface area contributed by atoms with Gasteiger partial charge in [0.25, 0.3) is 0 Å². The third-order valence-electron chi connectivity index (χ3n) is 7.91. The van der Waals surface area contributed by atoms with Crippen molar-refractivity contribution >= 4 is 41.6 Å². The summed E-state index contributed by atoms with van der Waals surface area (Å²) in [6, 6.07) is 8.63. The second-order valence-corrected chi connectivity index (χ2v) is 10.4. The number of rotatable bonds is 4. The first-order valence-electron chi connectivity index (χ1n) is 13.1. The Balaban J connectivity index is 0.00000185. The first-order valence-corrected chi connectivity index (χ1v) is 13.1. The van der Waals surface area contributed by atoms with E-state index in [1.165, 1.54) is 12.1 Å². The quantitative estimate of drug-likeness (QED) is 0.286. The zero-order chi connectivity index (χ0) is 26.6. The molecule has 9 nitrogen and oxygen atoms in total. The Morgan fingerprint density at radius 2 is 2.02 bits per heavy atom. The average molecular weight is 591 g/mol. The van der Waals surface area contributed by atoms with Crippen molar-refractivity contribution in [3.63, 3.8) is 0 Å². The molecule has 1 amide bonds. The van der Waals surface area contributed by atoms with Crippen molar-refractivity contribution in [3.05, 3.63) is 53.1 Å². The van der Waals surface area contributed by atoms with Crippen LogP contribution in [0.2, 0.25) is 0 Å². The summed E-state index contributed by atoms with van der Waals surface area (Å²) in [4.78, 5) is 25.8. The van der Waals surface area contributed by atoms with Gasteiger partial charge in [-0.2, -0.15) is 5.10 Å². The number of nitrogens with zero attached hydrogens (tertiary/aromatic N) is 4. The lowest BCUT2D eigenvalue weighted by molar-refractivity contribution is -0.140. The molecule has 1 saturated heterocycles. The molecule has 2 aliphatic rings. The number of amides is 1. The fourth-order valence-electron chi connectivity index (χ4n) is 5.73. The first kappa shape index (κ1) is 29.8. The van der Waals surface area contributed by atoms with Gasteiger partial charge in [-0.3, -0.25) is 14.8 Å². The highest BCUT2D eigenvalue weighted by Crippen LogP contribution is 2.34. The highest BCUT2D eigenvalue weighted by atomic mass is 35.5. The number of aromatic hydroxyl groups is 1. The number of fused-ring (bicyclic) bond motifs is 2. The number of phenolic OH excluding ortho intramolecular Hbond substituents is 1. The molecule has 2 aromatic heterocycles. The number of phenols is 1. The van der Waals surface area contributed by atoms with E-state index < -0.39 is 5.82 Å². The number of likely N-dealkylation sites (N-methyl/N-ethyl adjacent to an activating group) is 1. The molecule has 2 aliphatic heterocycles. The van der Waals surface area contributed by atoms with Crippen molar-refractivity contribution in [1.29, 1.82) is 0 Å². The molecule has 2 aromatic carbocycles. The molecule has 1 fully saturated rings. The molecule has 4 N–H and O–H groups in total. The minimum Gasteiger partial charge on any atom is -0.505 e. The van der Waals surface area contributed by atoms with Gasteiger partial charge in [-0.05, 0) is 61.3 Å². The van der Waals surface area contributed by atoms with Gasteiger partial charge in [0.05, 0.1) is 22.9 Å². The smallest absolute Gasteiger partial charge is 0.240 e. The summed E-state index contributed by atoms with van der Waals surface area (Å²) < 4.78 is 14.2. The van der Waals surface area contributed by atoms with Crippen LogP contribution in [0.5, 0.6) is 5.75 Å². The molecule has 0 spiro atoms. The molecule has 40 heavy (non-hydrogen) atoms. The van der Waals surface area contributed by atoms with E-state index in [2.05, 4.69) is 32.3 Å². The van der Waals surface area contributed by atoms with E-state index in [-0.39, 0.29) is 48.6 Å². The molecular weight excluding hydrogens is 556 g/mol. The normalized spacial score (nSPS) is 19.1. The molecule has 12 heteroatoms. The Bertz CT molecular complexity index is 1540. The van der Waals surface area contributed by atoms with Gasteiger partial charge in [-0.1, -0.05) is 13.0 Å². The van der Waals surface area contributed by atoms with Crippen molar-refractivity contribution in [2.45, 2.75) is 45.3 Å². The number of imidazole rings is 1. The largest absolute Gasteiger partial charge is 0.505 e. The van der Waals surface area contributed by atoms with E-state index in [1.54, 1.807) is 0 Å². The van der Waals surface area contributed by atoms with Crippen LogP contribution in [-0.2, 0) is 24.2 Å². The maximum atomic E-state index is 14.2. The Hall–Kier alpha value is -3.18. The number of piperazine rings is 1. The number of nitrogens with one attached hydrogen (secondary N) is 3. The molecular formula is C28H34Cl2FN7O2. The zero-order valence-electron chi connectivity index (χ0n) is 22.6. The molecule has 214 valence electrons. The summed E-state index contributed by atoms with van der Waals surface area (Å²) in [5.41, 5.74) is 5.86. The van der Waals surface area contributed by atoms with Crippen LogP contribution >= 0.6 is 24.8 Å². The molecule has 0 bridgehead atoms. The predicted molar refractivity (Wildman–Crippen MR) is 158 cm³/mol. The lowest BCUT2D eigenvalue weighted by atomic mass is 9.96. The summed E-state index contributed by atoms with van der Waals surface area (Å²) in [6.07, 6.45) is 1.22. The van der Waals surface area contributed by atoms with Crippen molar-refractivity contribution in [2.75, 3.05) is 26.7 Å². The summed E-state index contributed by atoms with van der Waals surface area (Å²) in [5, 5.41) is 21.7. The van der Waals surface area contributed by atoms with E-state index >= 15 is 0 Å². The SMILES string of the molecule is CCc1cc(O)c(F)cc1-c1ccc2c(-c3nc4c([nH]3)CN(C)[C@H](C(=O)N3CCNC[C@@H]3C)C4)n[nH]c2c1.Cl.Cl. The molecule has 0 radical (unpaired) electrons. The minimum absolute atomic E-state index is 0. The standard InChI is InChI=1S/C28H32FN7O2.2ClH/c1-4-16-10-25(37)20(29)11-19(16)17-5-6-18-21(9-17)33-34-26(18)27-31-22-12-24(35(3)14-23(22)32-27)28(38)36-8-7-30-13-15(36)2;;/h5-6,9-11,15,24,30,37H,4,7-8,12-14H2,1-3H3,(H,31,32)(H,33,34);2*1H/t15-,24-;;/m0../s1. The van der Waals surface area contributed by atoms with Crippen molar-refractivity contribution in [3.8, 4) is 28.4 Å². The lowest BCUT2D eigenvalue weighted by Crippen LogP contribution is -2.58. The molecule has 4 heterocycles. The number of aryl methyl sites for hydroxylation is 1. The van der Waals surface area contributed by atoms with Gasteiger partial charge in [0.2, 0.25) is 5.91 Å². The van der Waals surface area contributed by atoms with Crippen LogP contribution in [0.3, 0.4) is 0 Å². The van der Waals surface area contributed by atoms with Gasteiger partial charge in [-0.15, -0.1) is 24.8 Å². The molecule has 0 aliphatic carbocycles. The van der Waals surface area contributed by atoms with Crippen molar-refractivity contribution < 1.29 is 14.3 Å². The number of aromatic amines is 2. The first-order chi connectivity index (χ1) is 18.3. The van der Waals surface area contributed by atoms with Crippen LogP contribution in [0.1, 0.15) is 30.8 Å². The number of halogens is 3. The van der Waals surface area contributed by atoms with Gasteiger partial charge in [0, 0.05) is 44.0 Å². The Morgan fingerprint density at radius 3 is 2.77 bits per heavy atom. The lowest BCUT2D eigenvalue weighted by Gasteiger charge is -2.39. The van der Waals surface area contributed by atoms with E-state index in [0.29, 0.717) is 30.9 Å². The van der Waals surface area contributed by atoms with E-state index in [4.69, 9.17) is 4.98 Å². The van der Waals surface area contributed by atoms with Crippen LogP contribution in [-0.4, -0.2) is 79.7 Å². The van der Waals surface area contributed by atoms with Crippen molar-refractivity contribution in [1.82, 2.24) is 35.3 Å². The zero-order valence-corrected chi connectivity index (χ0v) is 24.3. The fourth-order valence-corrected chi connectivity index (χ4v) is 5.73. The second kappa shape index (κ2) is 11.7. The Kier molecular flexibility index (Phi) is 8.75. The average Bonchev–Trinajstić information content (AvgIpc) is 3.52. The molecule has 4 aromatic rings.